The number of carbonyl (C=O) groups is 2. The van der Waals surface area contributed by atoms with Crippen LogP contribution in [-0.2, 0) is 19.1 Å². The molecule has 0 heterocycles. The molecule has 4 bridgehead atoms. The van der Waals surface area contributed by atoms with Crippen LogP contribution in [0.5, 0.6) is 0 Å². The summed E-state index contributed by atoms with van der Waals surface area (Å²) in [6, 6.07) is 0. The highest BCUT2D eigenvalue weighted by Gasteiger charge is 2.51. The summed E-state index contributed by atoms with van der Waals surface area (Å²) in [5.74, 6) is 3.46. The second kappa shape index (κ2) is 27.4. The maximum absolute atomic E-state index is 12.7. The number of aliphatic hydroxyl groups is 1. The van der Waals surface area contributed by atoms with E-state index in [1.165, 1.54) is 135 Å². The highest BCUT2D eigenvalue weighted by molar-refractivity contribution is 5.70. The van der Waals surface area contributed by atoms with Crippen molar-refractivity contribution >= 4 is 11.9 Å². The van der Waals surface area contributed by atoms with E-state index in [2.05, 4.69) is 18.7 Å². The molecule has 0 aliphatic heterocycles. The zero-order chi connectivity index (χ0) is 36.4. The summed E-state index contributed by atoms with van der Waals surface area (Å²) in [4.78, 5) is 27.6. The zero-order valence-electron chi connectivity index (χ0n) is 33.8. The molecule has 4 rings (SSSR count). The standard InChI is InChI=1S/C45H83NO5/c1-3-5-14-22-39(23-15-6-4-2)25-31-51-43(48)24-16-10-9-12-18-27-46(28-19-20-29-47)26-17-11-7-8-13-21-30-50-44(49)38-45-35-40-32-41(36-45)34-42(33-40)37-45/h39-42,47H,3-38H2,1-2H3. The second-order valence-electron chi connectivity index (χ2n) is 17.6. The summed E-state index contributed by atoms with van der Waals surface area (Å²) in [5.41, 5.74) is 0.291. The SMILES string of the molecule is CCCCCC(CCCCC)CCOC(=O)CCCCCCCN(CCCCO)CCCCCCCCOC(=O)CC12CC3CC(CC(C3)C1)C2. The van der Waals surface area contributed by atoms with Gasteiger partial charge in [0, 0.05) is 13.0 Å². The molecule has 0 spiro atoms. The Morgan fingerprint density at radius 3 is 1.63 bits per heavy atom. The maximum atomic E-state index is 12.7. The van der Waals surface area contributed by atoms with Gasteiger partial charge in [-0.25, -0.2) is 0 Å². The number of esters is 2. The number of hydrogen-bond donors (Lipinski definition) is 1. The fourth-order valence-corrected chi connectivity index (χ4v) is 10.3. The van der Waals surface area contributed by atoms with E-state index in [0.29, 0.717) is 37.4 Å². The molecule has 6 nitrogen and oxygen atoms in total. The number of nitrogens with zero attached hydrogens (tertiary/aromatic N) is 1. The fraction of sp³-hybridized carbons (Fsp3) is 0.956. The lowest BCUT2D eigenvalue weighted by molar-refractivity contribution is -0.152. The van der Waals surface area contributed by atoms with Gasteiger partial charge in [0.25, 0.3) is 0 Å². The summed E-state index contributed by atoms with van der Waals surface area (Å²) in [7, 11) is 0. The van der Waals surface area contributed by atoms with Crippen LogP contribution in [0.15, 0.2) is 0 Å². The Kier molecular flexibility index (Phi) is 23.8. The lowest BCUT2D eigenvalue weighted by Gasteiger charge is -2.56. The maximum Gasteiger partial charge on any atom is 0.306 e. The lowest BCUT2D eigenvalue weighted by Crippen LogP contribution is -2.47. The Morgan fingerprint density at radius 1 is 0.588 bits per heavy atom. The molecule has 0 unspecified atom stereocenters. The van der Waals surface area contributed by atoms with Gasteiger partial charge < -0.3 is 19.5 Å². The Morgan fingerprint density at radius 2 is 1.08 bits per heavy atom. The van der Waals surface area contributed by atoms with E-state index >= 15 is 0 Å². The quantitative estimate of drug-likeness (QED) is 0.0527. The Labute approximate surface area is 315 Å². The van der Waals surface area contributed by atoms with Gasteiger partial charge in [-0.15, -0.1) is 0 Å². The van der Waals surface area contributed by atoms with Crippen LogP contribution in [0.4, 0.5) is 0 Å². The highest BCUT2D eigenvalue weighted by atomic mass is 16.5. The molecular formula is C45H83NO5. The minimum atomic E-state index is -0.00298. The molecule has 4 fully saturated rings. The molecule has 0 aromatic heterocycles. The van der Waals surface area contributed by atoms with Crippen molar-refractivity contribution in [3.8, 4) is 0 Å². The smallest absolute Gasteiger partial charge is 0.306 e. The first-order chi connectivity index (χ1) is 24.9. The van der Waals surface area contributed by atoms with Crippen LogP contribution >= 0.6 is 0 Å². The van der Waals surface area contributed by atoms with Crippen molar-refractivity contribution in [2.45, 2.75) is 206 Å². The monoisotopic (exact) mass is 718 g/mol. The topological polar surface area (TPSA) is 76.1 Å². The third kappa shape index (κ3) is 19.7. The van der Waals surface area contributed by atoms with E-state index in [9.17, 15) is 14.7 Å². The Bertz CT molecular complexity index is 847. The fourth-order valence-electron chi connectivity index (χ4n) is 10.3. The average molecular weight is 718 g/mol. The third-order valence-electron chi connectivity index (χ3n) is 12.8. The third-order valence-corrected chi connectivity index (χ3v) is 12.8. The normalized spacial score (nSPS) is 22.3. The van der Waals surface area contributed by atoms with Crippen molar-refractivity contribution < 1.29 is 24.2 Å². The van der Waals surface area contributed by atoms with Crippen molar-refractivity contribution in [1.29, 1.82) is 0 Å². The van der Waals surface area contributed by atoms with Gasteiger partial charge in [-0.3, -0.25) is 9.59 Å². The second-order valence-corrected chi connectivity index (χ2v) is 17.6. The molecule has 0 radical (unpaired) electrons. The first kappa shape index (κ1) is 44.3. The summed E-state index contributed by atoms with van der Waals surface area (Å²) < 4.78 is 11.4. The van der Waals surface area contributed by atoms with Crippen molar-refractivity contribution in [3.63, 3.8) is 0 Å². The molecule has 4 saturated carbocycles. The van der Waals surface area contributed by atoms with Gasteiger partial charge in [0.2, 0.25) is 0 Å². The molecule has 6 heteroatoms. The Hall–Kier alpha value is -1.14. The van der Waals surface area contributed by atoms with Crippen LogP contribution < -0.4 is 0 Å². The molecule has 0 saturated heterocycles. The molecule has 0 aromatic carbocycles. The van der Waals surface area contributed by atoms with Gasteiger partial charge in [-0.05, 0) is 132 Å². The molecule has 0 aromatic rings. The number of ether oxygens (including phenoxy) is 2. The summed E-state index contributed by atoms with van der Waals surface area (Å²) in [6.45, 7) is 9.39. The first-order valence-electron chi connectivity index (χ1n) is 22.6. The molecule has 0 atom stereocenters. The van der Waals surface area contributed by atoms with Gasteiger partial charge in [0.15, 0.2) is 0 Å². The predicted octanol–water partition coefficient (Wildman–Crippen LogP) is 11.6. The van der Waals surface area contributed by atoms with Crippen LogP contribution in [0, 0.1) is 29.1 Å². The van der Waals surface area contributed by atoms with E-state index < -0.39 is 0 Å². The van der Waals surface area contributed by atoms with Crippen LogP contribution in [0.1, 0.15) is 206 Å². The predicted molar refractivity (Wildman–Crippen MR) is 212 cm³/mol. The van der Waals surface area contributed by atoms with Gasteiger partial charge in [-0.1, -0.05) is 110 Å². The summed E-state index contributed by atoms with van der Waals surface area (Å²) in [5, 5.41) is 9.27. The van der Waals surface area contributed by atoms with Crippen LogP contribution in [0.25, 0.3) is 0 Å². The van der Waals surface area contributed by atoms with Gasteiger partial charge in [0.1, 0.15) is 0 Å². The number of carbonyl (C=O) groups excluding carboxylic acids is 2. The minimum Gasteiger partial charge on any atom is -0.466 e. The molecule has 0 amide bonds. The van der Waals surface area contributed by atoms with E-state index in [1.807, 2.05) is 0 Å². The van der Waals surface area contributed by atoms with Gasteiger partial charge in [-0.2, -0.15) is 0 Å². The van der Waals surface area contributed by atoms with Crippen molar-refractivity contribution in [3.05, 3.63) is 0 Å². The van der Waals surface area contributed by atoms with E-state index in [-0.39, 0.29) is 18.5 Å². The summed E-state index contributed by atoms with van der Waals surface area (Å²) in [6.07, 6.45) is 35.5. The number of hydrogen-bond acceptors (Lipinski definition) is 6. The van der Waals surface area contributed by atoms with Crippen molar-refractivity contribution in [2.24, 2.45) is 29.1 Å². The molecule has 1 N–H and O–H groups in total. The molecule has 4 aliphatic rings. The number of unbranched alkanes of at least 4 members (excludes halogenated alkanes) is 14. The largest absolute Gasteiger partial charge is 0.466 e. The van der Waals surface area contributed by atoms with Crippen molar-refractivity contribution in [1.82, 2.24) is 4.90 Å². The van der Waals surface area contributed by atoms with Gasteiger partial charge in [0.05, 0.1) is 19.6 Å². The van der Waals surface area contributed by atoms with E-state index in [1.54, 1.807) is 0 Å². The zero-order valence-corrected chi connectivity index (χ0v) is 33.8. The molecule has 51 heavy (non-hydrogen) atoms. The van der Waals surface area contributed by atoms with E-state index in [4.69, 9.17) is 9.47 Å². The minimum absolute atomic E-state index is 0.00298. The highest BCUT2D eigenvalue weighted by Crippen LogP contribution is 2.61. The Balaban J connectivity index is 1.13. The first-order valence-corrected chi connectivity index (χ1v) is 22.6. The van der Waals surface area contributed by atoms with Crippen molar-refractivity contribution in [2.75, 3.05) is 39.5 Å². The van der Waals surface area contributed by atoms with Crippen LogP contribution in [0.2, 0.25) is 0 Å². The van der Waals surface area contributed by atoms with Crippen LogP contribution in [0.3, 0.4) is 0 Å². The van der Waals surface area contributed by atoms with Gasteiger partial charge >= 0.3 is 11.9 Å². The summed E-state index contributed by atoms with van der Waals surface area (Å²) >= 11 is 0. The number of aliphatic hydroxyl groups excluding tert-OH is 1. The molecule has 298 valence electrons. The molecular weight excluding hydrogens is 634 g/mol. The lowest BCUT2D eigenvalue weighted by atomic mass is 9.49. The number of rotatable bonds is 34. The average Bonchev–Trinajstić information content (AvgIpc) is 3.09. The molecule has 4 aliphatic carbocycles. The van der Waals surface area contributed by atoms with E-state index in [0.717, 1.165) is 82.3 Å². The van der Waals surface area contributed by atoms with Crippen LogP contribution in [-0.4, -0.2) is 61.4 Å².